The number of para-hydroxylation sites is 1. The van der Waals surface area contributed by atoms with Crippen LogP contribution in [0.4, 0.5) is 0 Å². The normalized spacial score (nSPS) is 18.2. The van der Waals surface area contributed by atoms with Gasteiger partial charge in [-0.1, -0.05) is 30.3 Å². The predicted molar refractivity (Wildman–Crippen MR) is 79.2 cm³/mol. The molecule has 0 saturated heterocycles. The monoisotopic (exact) mass is 269 g/mol. The van der Waals surface area contributed by atoms with Gasteiger partial charge in [-0.3, -0.25) is 0 Å². The molecular formula is C17H19NO2. The second kappa shape index (κ2) is 5.55. The molecule has 104 valence electrons. The summed E-state index contributed by atoms with van der Waals surface area (Å²) >= 11 is 0. The molecule has 2 atom stereocenters. The van der Waals surface area contributed by atoms with Crippen molar-refractivity contribution in [3.8, 4) is 11.5 Å². The number of fused-ring (bicyclic) bond motifs is 1. The lowest BCUT2D eigenvalue weighted by molar-refractivity contribution is 0.248. The summed E-state index contributed by atoms with van der Waals surface area (Å²) in [5.41, 5.74) is 8.19. The highest BCUT2D eigenvalue weighted by Crippen LogP contribution is 2.33. The lowest BCUT2D eigenvalue weighted by atomic mass is 10.0. The van der Waals surface area contributed by atoms with Crippen LogP contribution in [0.1, 0.15) is 30.0 Å². The first-order valence-corrected chi connectivity index (χ1v) is 6.94. The van der Waals surface area contributed by atoms with E-state index >= 15 is 0 Å². The maximum atomic E-state index is 5.86. The van der Waals surface area contributed by atoms with Crippen LogP contribution in [0.15, 0.2) is 48.5 Å². The third kappa shape index (κ3) is 2.63. The minimum absolute atomic E-state index is 0.0548. The molecule has 3 rings (SSSR count). The summed E-state index contributed by atoms with van der Waals surface area (Å²) in [6.07, 6.45) is 0. The molecule has 2 N–H and O–H groups in total. The molecule has 1 aliphatic heterocycles. The van der Waals surface area contributed by atoms with Crippen LogP contribution >= 0.6 is 0 Å². The van der Waals surface area contributed by atoms with Gasteiger partial charge in [-0.2, -0.15) is 0 Å². The summed E-state index contributed by atoms with van der Waals surface area (Å²) in [6, 6.07) is 16.2. The van der Waals surface area contributed by atoms with Crippen molar-refractivity contribution in [2.24, 2.45) is 5.73 Å². The lowest BCUT2D eigenvalue weighted by Gasteiger charge is -2.12. The molecule has 0 amide bonds. The summed E-state index contributed by atoms with van der Waals surface area (Å²) in [6.45, 7) is 3.30. The van der Waals surface area contributed by atoms with Gasteiger partial charge >= 0.3 is 0 Å². The van der Waals surface area contributed by atoms with Crippen LogP contribution < -0.4 is 15.2 Å². The average Bonchev–Trinajstić information content (AvgIpc) is 2.89. The van der Waals surface area contributed by atoms with Crippen LogP contribution in [-0.4, -0.2) is 13.2 Å². The highest BCUT2D eigenvalue weighted by atomic mass is 16.5. The largest absolute Gasteiger partial charge is 0.493 e. The maximum Gasteiger partial charge on any atom is 0.123 e. The van der Waals surface area contributed by atoms with E-state index in [-0.39, 0.29) is 6.04 Å². The second-order valence-electron chi connectivity index (χ2n) is 5.21. The Bertz CT molecular complexity index is 578. The Kier molecular flexibility index (Phi) is 3.61. The van der Waals surface area contributed by atoms with Gasteiger partial charge < -0.3 is 15.2 Å². The third-order valence-corrected chi connectivity index (χ3v) is 3.66. The van der Waals surface area contributed by atoms with Crippen molar-refractivity contribution < 1.29 is 9.47 Å². The van der Waals surface area contributed by atoms with Crippen LogP contribution in [0.2, 0.25) is 0 Å². The molecule has 0 radical (unpaired) electrons. The molecule has 1 aliphatic rings. The average molecular weight is 269 g/mol. The van der Waals surface area contributed by atoms with E-state index in [0.717, 1.165) is 17.1 Å². The molecule has 0 fully saturated rings. The van der Waals surface area contributed by atoms with Gasteiger partial charge in [-0.15, -0.1) is 0 Å². The highest BCUT2D eigenvalue weighted by molar-refractivity contribution is 5.40. The van der Waals surface area contributed by atoms with Gasteiger partial charge in [-0.05, 0) is 30.7 Å². The number of benzene rings is 2. The van der Waals surface area contributed by atoms with Crippen molar-refractivity contribution >= 4 is 0 Å². The van der Waals surface area contributed by atoms with E-state index in [9.17, 15) is 0 Å². The van der Waals surface area contributed by atoms with Gasteiger partial charge in [0.2, 0.25) is 0 Å². The molecule has 1 heterocycles. The molecular weight excluding hydrogens is 250 g/mol. The van der Waals surface area contributed by atoms with Crippen LogP contribution in [-0.2, 0) is 0 Å². The van der Waals surface area contributed by atoms with E-state index in [4.69, 9.17) is 15.2 Å². The number of rotatable bonds is 4. The molecule has 3 nitrogen and oxygen atoms in total. The first-order valence-electron chi connectivity index (χ1n) is 6.94. The number of nitrogens with two attached hydrogens (primary N) is 1. The van der Waals surface area contributed by atoms with Crippen molar-refractivity contribution in [2.75, 3.05) is 13.2 Å². The fraction of sp³-hybridized carbons (Fsp3) is 0.294. The van der Waals surface area contributed by atoms with Crippen molar-refractivity contribution in [2.45, 2.75) is 18.9 Å². The summed E-state index contributed by atoms with van der Waals surface area (Å²) < 4.78 is 11.5. The van der Waals surface area contributed by atoms with Gasteiger partial charge in [0.05, 0.1) is 19.1 Å². The Morgan fingerprint density at radius 2 is 1.95 bits per heavy atom. The summed E-state index contributed by atoms with van der Waals surface area (Å²) in [4.78, 5) is 0. The molecule has 0 bridgehead atoms. The number of hydrogen-bond donors (Lipinski definition) is 1. The maximum absolute atomic E-state index is 5.86. The van der Waals surface area contributed by atoms with Gasteiger partial charge in [-0.25, -0.2) is 0 Å². The first-order chi connectivity index (χ1) is 9.74. The Balaban J connectivity index is 1.63. The first kappa shape index (κ1) is 13.0. The predicted octanol–water partition coefficient (Wildman–Crippen LogP) is 3.26. The minimum atomic E-state index is 0.0548. The van der Waals surface area contributed by atoms with E-state index in [1.165, 1.54) is 5.56 Å². The van der Waals surface area contributed by atoms with Gasteiger partial charge in [0.15, 0.2) is 0 Å². The van der Waals surface area contributed by atoms with Crippen molar-refractivity contribution in [3.05, 3.63) is 59.7 Å². The third-order valence-electron chi connectivity index (χ3n) is 3.66. The molecule has 2 aromatic rings. The quantitative estimate of drug-likeness (QED) is 0.926. The summed E-state index contributed by atoms with van der Waals surface area (Å²) in [5, 5.41) is 0. The molecule has 0 aliphatic carbocycles. The van der Waals surface area contributed by atoms with Crippen LogP contribution in [0.3, 0.4) is 0 Å². The summed E-state index contributed by atoms with van der Waals surface area (Å²) in [5.74, 6) is 2.16. The zero-order chi connectivity index (χ0) is 13.9. The highest BCUT2D eigenvalue weighted by Gasteiger charge is 2.24. The molecule has 0 saturated carbocycles. The number of hydrogen-bond acceptors (Lipinski definition) is 3. The molecule has 3 heteroatoms. The second-order valence-corrected chi connectivity index (χ2v) is 5.21. The Hall–Kier alpha value is -2.00. The SMILES string of the molecule is C[C@H](N)c1ccc(OCC2COc3ccccc32)cc1. The van der Waals surface area contributed by atoms with E-state index in [1.807, 2.05) is 49.4 Å². The minimum Gasteiger partial charge on any atom is -0.493 e. The van der Waals surface area contributed by atoms with Gasteiger partial charge in [0, 0.05) is 11.6 Å². The Morgan fingerprint density at radius 1 is 1.20 bits per heavy atom. The van der Waals surface area contributed by atoms with Crippen molar-refractivity contribution in [1.29, 1.82) is 0 Å². The Morgan fingerprint density at radius 3 is 2.70 bits per heavy atom. The van der Waals surface area contributed by atoms with Crippen LogP contribution in [0.5, 0.6) is 11.5 Å². The van der Waals surface area contributed by atoms with E-state index in [2.05, 4.69) is 6.07 Å². The van der Waals surface area contributed by atoms with Crippen molar-refractivity contribution in [3.63, 3.8) is 0 Å². The standard InChI is InChI=1S/C17H19NO2/c1-12(18)13-6-8-15(9-7-13)19-10-14-11-20-17-5-3-2-4-16(14)17/h2-9,12,14H,10-11,18H2,1H3/t12-,14?/m0/s1. The zero-order valence-corrected chi connectivity index (χ0v) is 11.6. The molecule has 2 aromatic carbocycles. The van der Waals surface area contributed by atoms with E-state index in [1.54, 1.807) is 0 Å². The van der Waals surface area contributed by atoms with Gasteiger partial charge in [0.25, 0.3) is 0 Å². The topological polar surface area (TPSA) is 44.5 Å². The molecule has 20 heavy (non-hydrogen) atoms. The summed E-state index contributed by atoms with van der Waals surface area (Å²) in [7, 11) is 0. The molecule has 0 aromatic heterocycles. The molecule has 0 spiro atoms. The lowest BCUT2D eigenvalue weighted by Crippen LogP contribution is -2.11. The van der Waals surface area contributed by atoms with E-state index < -0.39 is 0 Å². The van der Waals surface area contributed by atoms with Crippen molar-refractivity contribution in [1.82, 2.24) is 0 Å². The number of ether oxygens (including phenoxy) is 2. The fourth-order valence-electron chi connectivity index (χ4n) is 2.43. The zero-order valence-electron chi connectivity index (χ0n) is 11.6. The van der Waals surface area contributed by atoms with Crippen LogP contribution in [0, 0.1) is 0 Å². The van der Waals surface area contributed by atoms with Crippen LogP contribution in [0.25, 0.3) is 0 Å². The Labute approximate surface area is 119 Å². The fourth-order valence-corrected chi connectivity index (χ4v) is 2.43. The molecule has 1 unspecified atom stereocenters. The van der Waals surface area contributed by atoms with Gasteiger partial charge in [0.1, 0.15) is 11.5 Å². The van der Waals surface area contributed by atoms with E-state index in [0.29, 0.717) is 19.1 Å². The smallest absolute Gasteiger partial charge is 0.123 e.